The Morgan fingerprint density at radius 1 is 1.16 bits per heavy atom. The van der Waals surface area contributed by atoms with Crippen molar-refractivity contribution in [1.29, 1.82) is 0 Å². The molecule has 0 radical (unpaired) electrons. The molecule has 1 heterocycles. The van der Waals surface area contributed by atoms with Gasteiger partial charge in [-0.1, -0.05) is 23.2 Å². The van der Waals surface area contributed by atoms with Crippen LogP contribution in [0.3, 0.4) is 0 Å². The Kier molecular flexibility index (Phi) is 4.19. The van der Waals surface area contributed by atoms with Crippen LogP contribution < -0.4 is 0 Å². The van der Waals surface area contributed by atoms with Crippen LogP contribution in [0, 0.1) is 0 Å². The molecule has 2 rings (SSSR count). The molecule has 1 aliphatic rings. The average Bonchev–Trinajstić information content (AvgIpc) is 2.37. The number of morpholine rings is 1. The van der Waals surface area contributed by atoms with Crippen molar-refractivity contribution in [3.8, 4) is 0 Å². The van der Waals surface area contributed by atoms with E-state index < -0.39 is 11.8 Å². The van der Waals surface area contributed by atoms with E-state index in [0.717, 1.165) is 4.90 Å². The zero-order chi connectivity index (χ0) is 14.0. The van der Waals surface area contributed by atoms with Gasteiger partial charge in [-0.15, -0.1) is 0 Å². The Morgan fingerprint density at radius 2 is 1.79 bits per heavy atom. The number of ether oxygens (including phenoxy) is 1. The molecule has 7 heteroatoms. The SMILES string of the molecule is O=C(CN1C(=O)COCC1=O)c1ccc(Cl)c(Cl)c1. The van der Waals surface area contributed by atoms with E-state index in [9.17, 15) is 14.4 Å². The van der Waals surface area contributed by atoms with Crippen molar-refractivity contribution in [2.24, 2.45) is 0 Å². The van der Waals surface area contributed by atoms with Gasteiger partial charge >= 0.3 is 0 Å². The second kappa shape index (κ2) is 5.69. The second-order valence-corrected chi connectivity index (χ2v) is 4.73. The lowest BCUT2D eigenvalue weighted by molar-refractivity contribution is -0.157. The average molecular weight is 302 g/mol. The van der Waals surface area contributed by atoms with Gasteiger partial charge in [0.2, 0.25) is 0 Å². The fraction of sp³-hybridized carbons (Fsp3) is 0.250. The number of benzene rings is 1. The molecule has 2 amide bonds. The van der Waals surface area contributed by atoms with Crippen molar-refractivity contribution in [3.05, 3.63) is 33.8 Å². The van der Waals surface area contributed by atoms with E-state index in [1.807, 2.05) is 0 Å². The molecule has 0 unspecified atom stereocenters. The van der Waals surface area contributed by atoms with Crippen LogP contribution in [0.2, 0.25) is 10.0 Å². The molecule has 5 nitrogen and oxygen atoms in total. The first-order valence-electron chi connectivity index (χ1n) is 5.38. The van der Waals surface area contributed by atoms with Crippen LogP contribution in [0.1, 0.15) is 10.4 Å². The lowest BCUT2D eigenvalue weighted by atomic mass is 10.1. The molecule has 1 fully saturated rings. The second-order valence-electron chi connectivity index (χ2n) is 3.92. The molecule has 19 heavy (non-hydrogen) atoms. The predicted octanol–water partition coefficient (Wildman–Crippen LogP) is 1.56. The summed E-state index contributed by atoms with van der Waals surface area (Å²) in [6, 6.07) is 4.38. The molecule has 0 aliphatic carbocycles. The molecule has 0 aromatic heterocycles. The van der Waals surface area contributed by atoms with E-state index in [1.165, 1.54) is 18.2 Å². The van der Waals surface area contributed by atoms with Gasteiger partial charge in [-0.3, -0.25) is 19.3 Å². The predicted molar refractivity (Wildman–Crippen MR) is 68.3 cm³/mol. The number of nitrogens with zero attached hydrogens (tertiary/aromatic N) is 1. The first-order chi connectivity index (χ1) is 8.99. The lowest BCUT2D eigenvalue weighted by Gasteiger charge is -2.24. The molecular formula is C12H9Cl2NO4. The molecule has 0 spiro atoms. The number of halogens is 2. The summed E-state index contributed by atoms with van der Waals surface area (Å²) in [5.41, 5.74) is 0.293. The highest BCUT2D eigenvalue weighted by atomic mass is 35.5. The molecule has 1 saturated heterocycles. The molecule has 1 aromatic carbocycles. The normalized spacial score (nSPS) is 15.8. The van der Waals surface area contributed by atoms with E-state index in [0.29, 0.717) is 10.6 Å². The van der Waals surface area contributed by atoms with Crippen LogP contribution >= 0.6 is 23.2 Å². The Balaban J connectivity index is 2.14. The number of imide groups is 1. The summed E-state index contributed by atoms with van der Waals surface area (Å²) in [7, 11) is 0. The molecule has 0 N–H and O–H groups in total. The van der Waals surface area contributed by atoms with Crippen LogP contribution in [0.25, 0.3) is 0 Å². The number of Topliss-reactive ketones (excluding diaryl/α,β-unsaturated/α-hetero) is 1. The maximum absolute atomic E-state index is 12.0. The summed E-state index contributed by atoms with van der Waals surface area (Å²) in [5, 5.41) is 0.573. The number of amides is 2. The number of hydrogen-bond acceptors (Lipinski definition) is 4. The van der Waals surface area contributed by atoms with Gasteiger partial charge in [-0.2, -0.15) is 0 Å². The Morgan fingerprint density at radius 3 is 2.37 bits per heavy atom. The topological polar surface area (TPSA) is 63.7 Å². The quantitative estimate of drug-likeness (QED) is 0.628. The van der Waals surface area contributed by atoms with Crippen molar-refractivity contribution in [2.75, 3.05) is 19.8 Å². The number of carbonyl (C=O) groups excluding carboxylic acids is 3. The molecule has 0 saturated carbocycles. The lowest BCUT2D eigenvalue weighted by Crippen LogP contribution is -2.48. The van der Waals surface area contributed by atoms with E-state index in [-0.39, 0.29) is 30.6 Å². The van der Waals surface area contributed by atoms with E-state index in [2.05, 4.69) is 0 Å². The molecule has 0 atom stereocenters. The van der Waals surface area contributed by atoms with Gasteiger partial charge in [-0.05, 0) is 18.2 Å². The van der Waals surface area contributed by atoms with Crippen molar-refractivity contribution >= 4 is 40.8 Å². The zero-order valence-electron chi connectivity index (χ0n) is 9.69. The van der Waals surface area contributed by atoms with Crippen LogP contribution in [-0.2, 0) is 14.3 Å². The molecule has 0 bridgehead atoms. The summed E-state index contributed by atoms with van der Waals surface area (Å²) in [6.45, 7) is -0.709. The van der Waals surface area contributed by atoms with Gasteiger partial charge in [-0.25, -0.2) is 0 Å². The van der Waals surface area contributed by atoms with Gasteiger partial charge in [0.1, 0.15) is 13.2 Å². The van der Waals surface area contributed by atoms with E-state index in [1.54, 1.807) is 0 Å². The summed E-state index contributed by atoms with van der Waals surface area (Å²) in [5.74, 6) is -1.43. The maximum atomic E-state index is 12.0. The number of carbonyl (C=O) groups is 3. The number of ketones is 1. The minimum Gasteiger partial charge on any atom is -0.362 e. The largest absolute Gasteiger partial charge is 0.362 e. The minimum absolute atomic E-state index is 0.194. The maximum Gasteiger partial charge on any atom is 0.255 e. The molecule has 1 aliphatic heterocycles. The minimum atomic E-state index is -0.523. The standard InChI is InChI=1S/C12H9Cl2NO4/c13-8-2-1-7(3-9(8)14)10(16)4-15-11(17)5-19-6-12(15)18/h1-3H,4-6H2. The molecule has 100 valence electrons. The van der Waals surface area contributed by atoms with E-state index >= 15 is 0 Å². The van der Waals surface area contributed by atoms with E-state index in [4.69, 9.17) is 27.9 Å². The third kappa shape index (κ3) is 3.12. The van der Waals surface area contributed by atoms with Crippen molar-refractivity contribution in [2.45, 2.75) is 0 Å². The van der Waals surface area contributed by atoms with Crippen LogP contribution in [0.15, 0.2) is 18.2 Å². The highest BCUT2D eigenvalue weighted by Gasteiger charge is 2.28. The first kappa shape index (κ1) is 14.0. The Bertz CT molecular complexity index is 543. The number of hydrogen-bond donors (Lipinski definition) is 0. The molecule has 1 aromatic rings. The Hall–Kier alpha value is -1.43. The smallest absolute Gasteiger partial charge is 0.255 e. The van der Waals surface area contributed by atoms with Crippen LogP contribution in [-0.4, -0.2) is 42.3 Å². The summed E-state index contributed by atoms with van der Waals surface area (Å²) >= 11 is 11.6. The van der Waals surface area contributed by atoms with Crippen LogP contribution in [0.5, 0.6) is 0 Å². The van der Waals surface area contributed by atoms with Crippen molar-refractivity contribution in [1.82, 2.24) is 4.90 Å². The monoisotopic (exact) mass is 301 g/mol. The van der Waals surface area contributed by atoms with Gasteiger partial charge in [0.25, 0.3) is 11.8 Å². The van der Waals surface area contributed by atoms with Crippen LogP contribution in [0.4, 0.5) is 0 Å². The third-order valence-electron chi connectivity index (χ3n) is 2.60. The Labute approximate surface area is 119 Å². The summed E-state index contributed by atoms with van der Waals surface area (Å²) in [4.78, 5) is 35.8. The van der Waals surface area contributed by atoms with Gasteiger partial charge in [0, 0.05) is 5.56 Å². The molecular weight excluding hydrogens is 293 g/mol. The first-order valence-corrected chi connectivity index (χ1v) is 6.14. The third-order valence-corrected chi connectivity index (χ3v) is 3.34. The fourth-order valence-corrected chi connectivity index (χ4v) is 1.90. The highest BCUT2D eigenvalue weighted by Crippen LogP contribution is 2.23. The van der Waals surface area contributed by atoms with Crippen molar-refractivity contribution < 1.29 is 19.1 Å². The van der Waals surface area contributed by atoms with Crippen molar-refractivity contribution in [3.63, 3.8) is 0 Å². The zero-order valence-corrected chi connectivity index (χ0v) is 11.2. The summed E-state index contributed by atoms with van der Waals surface area (Å²) in [6.07, 6.45) is 0. The fourth-order valence-electron chi connectivity index (χ4n) is 1.60. The van der Waals surface area contributed by atoms with Gasteiger partial charge in [0.15, 0.2) is 5.78 Å². The highest BCUT2D eigenvalue weighted by molar-refractivity contribution is 6.42. The summed E-state index contributed by atoms with van der Waals surface area (Å²) < 4.78 is 4.76. The van der Waals surface area contributed by atoms with Gasteiger partial charge < -0.3 is 4.74 Å². The number of rotatable bonds is 3. The van der Waals surface area contributed by atoms with Gasteiger partial charge in [0.05, 0.1) is 16.6 Å².